The van der Waals surface area contributed by atoms with Crippen LogP contribution in [0.4, 0.5) is 0 Å². The lowest BCUT2D eigenvalue weighted by Gasteiger charge is -2.24. The average molecular weight is 195 g/mol. The van der Waals surface area contributed by atoms with E-state index < -0.39 is 8.07 Å². The van der Waals surface area contributed by atoms with Crippen molar-refractivity contribution < 1.29 is 0 Å². The first-order valence-electron chi connectivity index (χ1n) is 5.12. The van der Waals surface area contributed by atoms with Gasteiger partial charge in [-0.2, -0.15) is 0 Å². The molecule has 0 amide bonds. The number of allylic oxidation sites excluding steroid dienone is 1. The maximum atomic E-state index is 4.55. The smallest absolute Gasteiger partial charge is 0.0753 e. The molecule has 1 nitrogen and oxygen atoms in total. The molecule has 1 aliphatic rings. The number of hydrogen-bond acceptors (Lipinski definition) is 1. The van der Waals surface area contributed by atoms with Gasteiger partial charge in [0.05, 0.1) is 8.07 Å². The molecule has 0 aromatic heterocycles. The zero-order valence-corrected chi connectivity index (χ0v) is 10.7. The molecule has 1 atom stereocenters. The first kappa shape index (κ1) is 10.7. The maximum Gasteiger partial charge on any atom is 0.0753 e. The van der Waals surface area contributed by atoms with Gasteiger partial charge in [0.25, 0.3) is 0 Å². The van der Waals surface area contributed by atoms with Crippen LogP contribution < -0.4 is 0 Å². The van der Waals surface area contributed by atoms with Gasteiger partial charge in [-0.05, 0) is 5.92 Å². The quantitative estimate of drug-likeness (QED) is 0.598. The minimum atomic E-state index is -1.13. The Labute approximate surface area is 83.0 Å². The molecule has 0 radical (unpaired) electrons. The molecule has 1 rings (SSSR count). The molecule has 0 fully saturated rings. The van der Waals surface area contributed by atoms with Crippen molar-refractivity contribution in [3.63, 3.8) is 0 Å². The topological polar surface area (TPSA) is 12.4 Å². The van der Waals surface area contributed by atoms with E-state index in [4.69, 9.17) is 0 Å². The fraction of sp³-hybridized carbons (Fsp3) is 0.727. The summed E-state index contributed by atoms with van der Waals surface area (Å²) in [4.78, 5) is 4.55. The second-order valence-corrected chi connectivity index (χ2v) is 10.3. The van der Waals surface area contributed by atoms with Crippen LogP contribution in [0.1, 0.15) is 20.8 Å². The van der Waals surface area contributed by atoms with Crippen LogP contribution in [-0.4, -0.2) is 13.8 Å². The van der Waals surface area contributed by atoms with Crippen molar-refractivity contribution in [2.24, 2.45) is 16.8 Å². The van der Waals surface area contributed by atoms with Crippen LogP contribution in [0.3, 0.4) is 0 Å². The van der Waals surface area contributed by atoms with E-state index in [0.717, 1.165) is 0 Å². The van der Waals surface area contributed by atoms with Gasteiger partial charge in [0.1, 0.15) is 0 Å². The van der Waals surface area contributed by atoms with Gasteiger partial charge >= 0.3 is 0 Å². The summed E-state index contributed by atoms with van der Waals surface area (Å²) < 4.78 is 0. The van der Waals surface area contributed by atoms with Crippen molar-refractivity contribution in [1.82, 2.24) is 0 Å². The Morgan fingerprint density at radius 3 is 2.08 bits per heavy atom. The van der Waals surface area contributed by atoms with Crippen LogP contribution in [0.25, 0.3) is 0 Å². The molecule has 1 unspecified atom stereocenters. The van der Waals surface area contributed by atoms with Gasteiger partial charge in [0, 0.05) is 17.8 Å². The molecule has 0 aliphatic carbocycles. The summed E-state index contributed by atoms with van der Waals surface area (Å²) in [5.41, 5.74) is 1.37. The van der Waals surface area contributed by atoms with Crippen LogP contribution in [0, 0.1) is 11.8 Å². The Balaban J connectivity index is 2.82. The minimum Gasteiger partial charge on any atom is -0.265 e. The van der Waals surface area contributed by atoms with Crippen molar-refractivity contribution in [2.75, 3.05) is 0 Å². The Morgan fingerprint density at radius 1 is 1.31 bits per heavy atom. The van der Waals surface area contributed by atoms with E-state index >= 15 is 0 Å². The molecule has 0 aromatic rings. The fourth-order valence-electron chi connectivity index (χ4n) is 2.02. The molecule has 0 N–H and O–H groups in total. The highest BCUT2D eigenvalue weighted by atomic mass is 28.3. The molecule has 74 valence electrons. The second kappa shape index (κ2) is 3.41. The number of rotatable bonds is 2. The van der Waals surface area contributed by atoms with Crippen LogP contribution in [0.15, 0.2) is 16.4 Å². The van der Waals surface area contributed by atoms with Crippen LogP contribution in [0.2, 0.25) is 19.6 Å². The van der Waals surface area contributed by atoms with Crippen molar-refractivity contribution in [3.8, 4) is 0 Å². The largest absolute Gasteiger partial charge is 0.265 e. The molecule has 0 bridgehead atoms. The summed E-state index contributed by atoms with van der Waals surface area (Å²) in [7, 11) is -1.13. The van der Waals surface area contributed by atoms with E-state index in [1.54, 1.807) is 5.20 Å². The van der Waals surface area contributed by atoms with Gasteiger partial charge in [-0.3, -0.25) is 4.99 Å². The van der Waals surface area contributed by atoms with Crippen molar-refractivity contribution in [3.05, 3.63) is 11.4 Å². The fourth-order valence-corrected chi connectivity index (χ4v) is 3.92. The lowest BCUT2D eigenvalue weighted by molar-refractivity contribution is 0.811. The normalized spacial score (nSPS) is 23.5. The summed E-state index contributed by atoms with van der Waals surface area (Å²) in [5, 5.41) is 1.61. The predicted molar refractivity (Wildman–Crippen MR) is 62.9 cm³/mol. The van der Waals surface area contributed by atoms with Gasteiger partial charge in [0.15, 0.2) is 0 Å². The molecule has 1 aliphatic heterocycles. The monoisotopic (exact) mass is 195 g/mol. The molecule has 1 heterocycles. The zero-order chi connectivity index (χ0) is 10.2. The molecule has 0 saturated carbocycles. The van der Waals surface area contributed by atoms with E-state index in [2.05, 4.69) is 51.6 Å². The first-order chi connectivity index (χ1) is 5.84. The predicted octanol–water partition coefficient (Wildman–Crippen LogP) is 3.49. The van der Waals surface area contributed by atoms with E-state index in [-0.39, 0.29) is 0 Å². The van der Waals surface area contributed by atoms with Crippen LogP contribution in [-0.2, 0) is 0 Å². The van der Waals surface area contributed by atoms with Gasteiger partial charge in [-0.25, -0.2) is 0 Å². The number of nitrogens with zero attached hydrogens (tertiary/aromatic N) is 1. The van der Waals surface area contributed by atoms with Gasteiger partial charge in [-0.15, -0.1) is 0 Å². The van der Waals surface area contributed by atoms with E-state index in [1.165, 1.54) is 5.71 Å². The third kappa shape index (κ3) is 2.10. The van der Waals surface area contributed by atoms with Gasteiger partial charge in [0.2, 0.25) is 0 Å². The van der Waals surface area contributed by atoms with Crippen molar-refractivity contribution in [1.29, 1.82) is 0 Å². The molecule has 0 spiro atoms. The Bertz CT molecular complexity index is 256. The summed E-state index contributed by atoms with van der Waals surface area (Å²) in [6.07, 6.45) is 2.13. The highest BCUT2D eigenvalue weighted by molar-refractivity contribution is 6.83. The zero-order valence-electron chi connectivity index (χ0n) is 9.68. The molecule has 13 heavy (non-hydrogen) atoms. The van der Waals surface area contributed by atoms with Gasteiger partial charge in [-0.1, -0.05) is 45.6 Å². The molecule has 2 heteroatoms. The van der Waals surface area contributed by atoms with Crippen molar-refractivity contribution in [2.45, 2.75) is 40.4 Å². The molecule has 0 saturated heterocycles. The average Bonchev–Trinajstić information content (AvgIpc) is 2.28. The van der Waals surface area contributed by atoms with Crippen LogP contribution in [0.5, 0.6) is 0 Å². The summed E-state index contributed by atoms with van der Waals surface area (Å²) >= 11 is 0. The minimum absolute atomic E-state index is 0.597. The Kier molecular flexibility index (Phi) is 2.81. The lowest BCUT2D eigenvalue weighted by Crippen LogP contribution is -2.30. The van der Waals surface area contributed by atoms with Crippen LogP contribution >= 0.6 is 0 Å². The SMILES string of the molecule is CC(C)C1=NC=C([Si](C)(C)C)C1C. The number of hydrogen-bond donors (Lipinski definition) is 0. The summed E-state index contributed by atoms with van der Waals surface area (Å²) in [5.74, 6) is 1.20. The van der Waals surface area contributed by atoms with E-state index in [1.807, 2.05) is 0 Å². The van der Waals surface area contributed by atoms with Crippen molar-refractivity contribution >= 4 is 13.8 Å². The molecule has 0 aromatic carbocycles. The Morgan fingerprint density at radius 2 is 1.85 bits per heavy atom. The maximum absolute atomic E-state index is 4.55. The van der Waals surface area contributed by atoms with E-state index in [9.17, 15) is 0 Å². The second-order valence-electron chi connectivity index (χ2n) is 5.26. The molecular formula is C11H21NSi. The third-order valence-corrected chi connectivity index (χ3v) is 5.01. The Hall–Kier alpha value is -0.373. The number of aliphatic imine (C=N–C) groups is 1. The third-order valence-electron chi connectivity index (χ3n) is 2.72. The lowest BCUT2D eigenvalue weighted by atomic mass is 9.97. The summed E-state index contributed by atoms with van der Waals surface area (Å²) in [6.45, 7) is 14.0. The van der Waals surface area contributed by atoms with E-state index in [0.29, 0.717) is 11.8 Å². The first-order valence-corrected chi connectivity index (χ1v) is 8.62. The summed E-state index contributed by atoms with van der Waals surface area (Å²) in [6, 6.07) is 0. The highest BCUT2D eigenvalue weighted by Crippen LogP contribution is 2.30. The highest BCUT2D eigenvalue weighted by Gasteiger charge is 2.31. The standard InChI is InChI=1S/C11H21NSi/c1-8(2)11-9(3)10(7-12-11)13(4,5)6/h7-9H,1-6H3. The van der Waals surface area contributed by atoms with Gasteiger partial charge < -0.3 is 0 Å². The molecular weight excluding hydrogens is 174 g/mol.